The number of carbonyl (C=O) groups excluding carboxylic acids is 1. The summed E-state index contributed by atoms with van der Waals surface area (Å²) in [7, 11) is 0. The van der Waals surface area contributed by atoms with E-state index in [1.807, 2.05) is 43.3 Å². The molecule has 96 valence electrons. The number of para-hydroxylation sites is 2. The van der Waals surface area contributed by atoms with E-state index in [4.69, 9.17) is 9.47 Å². The van der Waals surface area contributed by atoms with Gasteiger partial charge in [-0.25, -0.2) is 4.79 Å². The van der Waals surface area contributed by atoms with Gasteiger partial charge in [0.05, 0.1) is 0 Å². The Balaban J connectivity index is 2.17. The molecule has 19 heavy (non-hydrogen) atoms. The number of aryl methyl sites for hydroxylation is 1. The van der Waals surface area contributed by atoms with Crippen LogP contribution in [0.25, 0.3) is 0 Å². The highest BCUT2D eigenvalue weighted by atomic mass is 16.5. The molecule has 0 atom stereocenters. The zero-order chi connectivity index (χ0) is 13.2. The number of carbonyl (C=O) groups is 1. The summed E-state index contributed by atoms with van der Waals surface area (Å²) in [4.78, 5) is 12.0. The van der Waals surface area contributed by atoms with Crippen LogP contribution in [0.5, 0.6) is 11.5 Å². The molecule has 0 N–H and O–H groups in total. The Labute approximate surface area is 111 Å². The predicted octanol–water partition coefficient (Wildman–Crippen LogP) is 3.71. The van der Waals surface area contributed by atoms with E-state index in [1.165, 1.54) is 0 Å². The van der Waals surface area contributed by atoms with Gasteiger partial charge in [-0.2, -0.15) is 0 Å². The lowest BCUT2D eigenvalue weighted by Gasteiger charge is -2.19. The van der Waals surface area contributed by atoms with Gasteiger partial charge in [-0.05, 0) is 24.1 Å². The molecule has 0 saturated carbocycles. The SMILES string of the molecule is CCc1cccc2c1Oc1ccccc1COC2=O. The second kappa shape index (κ2) is 4.76. The van der Waals surface area contributed by atoms with Crippen molar-refractivity contribution in [1.82, 2.24) is 0 Å². The highest BCUT2D eigenvalue weighted by molar-refractivity contribution is 5.93. The Kier molecular flexibility index (Phi) is 2.95. The van der Waals surface area contributed by atoms with Crippen LogP contribution in [0.1, 0.15) is 28.4 Å². The van der Waals surface area contributed by atoms with Crippen molar-refractivity contribution in [3.63, 3.8) is 0 Å². The molecule has 0 aromatic heterocycles. The van der Waals surface area contributed by atoms with Gasteiger partial charge in [0.2, 0.25) is 0 Å². The van der Waals surface area contributed by atoms with E-state index in [0.29, 0.717) is 11.3 Å². The van der Waals surface area contributed by atoms with Gasteiger partial charge in [0.25, 0.3) is 0 Å². The number of fused-ring (bicyclic) bond motifs is 2. The maximum Gasteiger partial charge on any atom is 0.342 e. The normalized spacial score (nSPS) is 13.4. The lowest BCUT2D eigenvalue weighted by Crippen LogP contribution is -2.12. The molecular weight excluding hydrogens is 240 g/mol. The molecule has 3 nitrogen and oxygen atoms in total. The Bertz CT molecular complexity index is 632. The average Bonchev–Trinajstić information content (AvgIpc) is 2.44. The van der Waals surface area contributed by atoms with E-state index in [-0.39, 0.29) is 12.6 Å². The number of ether oxygens (including phenoxy) is 2. The van der Waals surface area contributed by atoms with E-state index in [0.717, 1.165) is 23.3 Å². The van der Waals surface area contributed by atoms with Crippen LogP contribution in [0.4, 0.5) is 0 Å². The lowest BCUT2D eigenvalue weighted by atomic mass is 10.1. The van der Waals surface area contributed by atoms with Crippen molar-refractivity contribution < 1.29 is 14.3 Å². The van der Waals surface area contributed by atoms with Crippen LogP contribution in [-0.4, -0.2) is 5.97 Å². The summed E-state index contributed by atoms with van der Waals surface area (Å²) in [5.74, 6) is 1.03. The molecule has 0 spiro atoms. The van der Waals surface area contributed by atoms with Crippen LogP contribution >= 0.6 is 0 Å². The summed E-state index contributed by atoms with van der Waals surface area (Å²) in [5.41, 5.74) is 2.38. The molecule has 0 aliphatic carbocycles. The minimum atomic E-state index is -0.334. The summed E-state index contributed by atoms with van der Waals surface area (Å²) in [6.45, 7) is 2.28. The number of hydrogen-bond acceptors (Lipinski definition) is 3. The number of esters is 1. The Morgan fingerprint density at radius 3 is 2.79 bits per heavy atom. The third-order valence-corrected chi connectivity index (χ3v) is 3.24. The first-order valence-electron chi connectivity index (χ1n) is 6.34. The summed E-state index contributed by atoms with van der Waals surface area (Å²) < 4.78 is 11.3. The molecule has 2 aromatic carbocycles. The predicted molar refractivity (Wildman–Crippen MR) is 71.5 cm³/mol. The van der Waals surface area contributed by atoms with Crippen LogP contribution in [0, 0.1) is 0 Å². The fourth-order valence-corrected chi connectivity index (χ4v) is 2.20. The van der Waals surface area contributed by atoms with Gasteiger partial charge in [0.1, 0.15) is 23.7 Å². The molecule has 1 aliphatic heterocycles. The van der Waals surface area contributed by atoms with Gasteiger partial charge < -0.3 is 9.47 Å². The number of benzene rings is 2. The maximum absolute atomic E-state index is 12.0. The van der Waals surface area contributed by atoms with Gasteiger partial charge in [-0.1, -0.05) is 37.3 Å². The lowest BCUT2D eigenvalue weighted by molar-refractivity contribution is 0.0459. The fraction of sp³-hybridized carbons (Fsp3) is 0.188. The van der Waals surface area contributed by atoms with E-state index < -0.39 is 0 Å². The highest BCUT2D eigenvalue weighted by Crippen LogP contribution is 2.34. The minimum Gasteiger partial charge on any atom is -0.457 e. The number of cyclic esters (lactones) is 1. The topological polar surface area (TPSA) is 35.5 Å². The smallest absolute Gasteiger partial charge is 0.342 e. The van der Waals surface area contributed by atoms with Gasteiger partial charge in [0, 0.05) is 5.56 Å². The van der Waals surface area contributed by atoms with Crippen molar-refractivity contribution in [1.29, 1.82) is 0 Å². The molecule has 0 radical (unpaired) electrons. The second-order valence-electron chi connectivity index (χ2n) is 4.43. The Morgan fingerprint density at radius 2 is 1.95 bits per heavy atom. The van der Waals surface area contributed by atoms with Crippen molar-refractivity contribution >= 4 is 5.97 Å². The minimum absolute atomic E-state index is 0.241. The summed E-state index contributed by atoms with van der Waals surface area (Å²) in [6, 6.07) is 13.2. The van der Waals surface area contributed by atoms with Crippen molar-refractivity contribution in [3.8, 4) is 11.5 Å². The molecule has 1 heterocycles. The van der Waals surface area contributed by atoms with Crippen LogP contribution in [0.3, 0.4) is 0 Å². The highest BCUT2D eigenvalue weighted by Gasteiger charge is 2.21. The first kappa shape index (κ1) is 11.8. The summed E-state index contributed by atoms with van der Waals surface area (Å²) >= 11 is 0. The maximum atomic E-state index is 12.0. The molecule has 3 heteroatoms. The molecule has 2 aromatic rings. The first-order valence-corrected chi connectivity index (χ1v) is 6.34. The number of hydrogen-bond donors (Lipinski definition) is 0. The second-order valence-corrected chi connectivity index (χ2v) is 4.43. The van der Waals surface area contributed by atoms with Crippen LogP contribution in [-0.2, 0) is 17.8 Å². The Morgan fingerprint density at radius 1 is 1.11 bits per heavy atom. The van der Waals surface area contributed by atoms with Crippen LogP contribution in [0.15, 0.2) is 42.5 Å². The van der Waals surface area contributed by atoms with E-state index in [9.17, 15) is 4.79 Å². The van der Waals surface area contributed by atoms with E-state index >= 15 is 0 Å². The molecule has 0 amide bonds. The third-order valence-electron chi connectivity index (χ3n) is 3.24. The largest absolute Gasteiger partial charge is 0.457 e. The third kappa shape index (κ3) is 2.08. The van der Waals surface area contributed by atoms with Gasteiger partial charge >= 0.3 is 5.97 Å². The molecule has 3 rings (SSSR count). The van der Waals surface area contributed by atoms with Crippen molar-refractivity contribution in [2.24, 2.45) is 0 Å². The number of rotatable bonds is 1. The zero-order valence-corrected chi connectivity index (χ0v) is 10.7. The summed E-state index contributed by atoms with van der Waals surface area (Å²) in [6.07, 6.45) is 0.804. The monoisotopic (exact) mass is 254 g/mol. The van der Waals surface area contributed by atoms with Gasteiger partial charge in [-0.3, -0.25) is 0 Å². The summed E-state index contributed by atoms with van der Waals surface area (Å²) in [5, 5.41) is 0. The molecule has 0 bridgehead atoms. The average molecular weight is 254 g/mol. The standard InChI is InChI=1S/C16H14O3/c1-2-11-7-5-8-13-15(11)19-14-9-4-3-6-12(14)10-18-16(13)17/h3-9H,2,10H2,1H3. The molecular formula is C16H14O3. The fourth-order valence-electron chi connectivity index (χ4n) is 2.20. The molecule has 0 saturated heterocycles. The Hall–Kier alpha value is -2.29. The molecule has 1 aliphatic rings. The quantitative estimate of drug-likeness (QED) is 0.728. The van der Waals surface area contributed by atoms with Crippen LogP contribution < -0.4 is 4.74 Å². The van der Waals surface area contributed by atoms with Gasteiger partial charge in [0.15, 0.2) is 0 Å². The van der Waals surface area contributed by atoms with Gasteiger partial charge in [-0.15, -0.1) is 0 Å². The van der Waals surface area contributed by atoms with E-state index in [1.54, 1.807) is 6.07 Å². The van der Waals surface area contributed by atoms with Crippen molar-refractivity contribution in [2.75, 3.05) is 0 Å². The van der Waals surface area contributed by atoms with Crippen molar-refractivity contribution in [3.05, 3.63) is 59.2 Å². The molecule has 0 fully saturated rings. The zero-order valence-electron chi connectivity index (χ0n) is 10.7. The van der Waals surface area contributed by atoms with Crippen molar-refractivity contribution in [2.45, 2.75) is 20.0 Å². The van der Waals surface area contributed by atoms with E-state index in [2.05, 4.69) is 0 Å². The first-order chi connectivity index (χ1) is 9.29. The molecule has 0 unspecified atom stereocenters. The van der Waals surface area contributed by atoms with Crippen LogP contribution in [0.2, 0.25) is 0 Å².